The predicted octanol–water partition coefficient (Wildman–Crippen LogP) is 1.08. The first-order valence-electron chi connectivity index (χ1n) is 9.81. The number of carbonyl (C=O) groups is 2. The minimum atomic E-state index is 0.116. The lowest BCUT2D eigenvalue weighted by Gasteiger charge is -2.32. The van der Waals surface area contributed by atoms with E-state index in [1.807, 2.05) is 29.2 Å². The summed E-state index contributed by atoms with van der Waals surface area (Å²) in [5.74, 6) is 0.525. The summed E-state index contributed by atoms with van der Waals surface area (Å²) in [6.07, 6.45) is 3.52. The average molecular weight is 356 g/mol. The summed E-state index contributed by atoms with van der Waals surface area (Å²) in [7, 11) is 0. The van der Waals surface area contributed by atoms with Gasteiger partial charge in [0.15, 0.2) is 0 Å². The highest BCUT2D eigenvalue weighted by molar-refractivity contribution is 5.94. The van der Waals surface area contributed by atoms with Crippen LogP contribution in [0.15, 0.2) is 24.3 Å². The summed E-state index contributed by atoms with van der Waals surface area (Å²) < 4.78 is 0. The van der Waals surface area contributed by atoms with E-state index in [0.717, 1.165) is 69.8 Å². The van der Waals surface area contributed by atoms with E-state index in [2.05, 4.69) is 15.5 Å². The van der Waals surface area contributed by atoms with Gasteiger partial charge in [-0.05, 0) is 37.0 Å². The van der Waals surface area contributed by atoms with Crippen LogP contribution in [-0.2, 0) is 16.0 Å². The van der Waals surface area contributed by atoms with Gasteiger partial charge in [-0.1, -0.05) is 12.1 Å². The Hall–Kier alpha value is -1.92. The van der Waals surface area contributed by atoms with Gasteiger partial charge in [-0.3, -0.25) is 14.5 Å². The normalized spacial score (nSPS) is 23.8. The van der Waals surface area contributed by atoms with Crippen molar-refractivity contribution < 1.29 is 9.59 Å². The Morgan fingerprint density at radius 2 is 1.77 bits per heavy atom. The molecule has 1 saturated carbocycles. The fourth-order valence-electron chi connectivity index (χ4n) is 3.90. The molecule has 1 aliphatic carbocycles. The maximum atomic E-state index is 12.6. The number of hydrogen-bond donors (Lipinski definition) is 2. The van der Waals surface area contributed by atoms with E-state index < -0.39 is 0 Å². The molecule has 1 atom stereocenters. The van der Waals surface area contributed by atoms with E-state index in [-0.39, 0.29) is 17.7 Å². The van der Waals surface area contributed by atoms with Crippen molar-refractivity contribution in [1.29, 1.82) is 0 Å². The van der Waals surface area contributed by atoms with Crippen molar-refractivity contribution in [2.75, 3.05) is 44.6 Å². The van der Waals surface area contributed by atoms with Gasteiger partial charge in [-0.25, -0.2) is 0 Å². The molecule has 4 rings (SSSR count). The van der Waals surface area contributed by atoms with Crippen molar-refractivity contribution in [2.24, 2.45) is 5.92 Å². The molecule has 1 aromatic carbocycles. The molecule has 2 saturated heterocycles. The molecular formula is C20H28N4O2. The number of anilines is 1. The molecule has 3 fully saturated rings. The second kappa shape index (κ2) is 7.76. The molecule has 2 N–H and O–H groups in total. The SMILES string of the molecule is O=C(Nc1ccc(CC(=O)N2CCC(N3CCNCC3)C2)cc1)C1CC1. The Labute approximate surface area is 154 Å². The van der Waals surface area contributed by atoms with Crippen LogP contribution >= 0.6 is 0 Å². The maximum Gasteiger partial charge on any atom is 0.227 e. The van der Waals surface area contributed by atoms with E-state index in [1.165, 1.54) is 0 Å². The fraction of sp³-hybridized carbons (Fsp3) is 0.600. The van der Waals surface area contributed by atoms with Crippen molar-refractivity contribution in [3.05, 3.63) is 29.8 Å². The number of hydrogen-bond acceptors (Lipinski definition) is 4. The van der Waals surface area contributed by atoms with Gasteiger partial charge in [0.25, 0.3) is 0 Å². The highest BCUT2D eigenvalue weighted by Crippen LogP contribution is 2.30. The zero-order chi connectivity index (χ0) is 17.9. The van der Waals surface area contributed by atoms with E-state index in [0.29, 0.717) is 12.5 Å². The minimum absolute atomic E-state index is 0.116. The molecule has 26 heavy (non-hydrogen) atoms. The summed E-state index contributed by atoms with van der Waals surface area (Å²) in [5, 5.41) is 6.32. The Bertz CT molecular complexity index is 650. The standard InChI is InChI=1S/C20H28N4O2/c25-19(24-10-7-18(14-24)23-11-8-21-9-12-23)13-15-1-5-17(6-2-15)22-20(26)16-3-4-16/h1-2,5-6,16,18,21H,3-4,7-14H2,(H,22,26). The maximum absolute atomic E-state index is 12.6. The Morgan fingerprint density at radius 3 is 2.46 bits per heavy atom. The third-order valence-corrected chi connectivity index (χ3v) is 5.71. The van der Waals surface area contributed by atoms with Gasteiger partial charge in [-0.15, -0.1) is 0 Å². The highest BCUT2D eigenvalue weighted by atomic mass is 16.2. The summed E-state index contributed by atoms with van der Waals surface area (Å²) in [6.45, 7) is 5.99. The molecule has 6 nitrogen and oxygen atoms in total. The summed E-state index contributed by atoms with van der Waals surface area (Å²) in [5.41, 5.74) is 1.82. The van der Waals surface area contributed by atoms with Crippen molar-refractivity contribution >= 4 is 17.5 Å². The van der Waals surface area contributed by atoms with Crippen LogP contribution in [0.1, 0.15) is 24.8 Å². The van der Waals surface area contributed by atoms with Crippen LogP contribution in [-0.4, -0.2) is 66.9 Å². The molecule has 0 spiro atoms. The minimum Gasteiger partial charge on any atom is -0.341 e. The van der Waals surface area contributed by atoms with Gasteiger partial charge < -0.3 is 15.5 Å². The number of amides is 2. The van der Waals surface area contributed by atoms with E-state index in [9.17, 15) is 9.59 Å². The van der Waals surface area contributed by atoms with Crippen LogP contribution < -0.4 is 10.6 Å². The first-order chi connectivity index (χ1) is 12.7. The van der Waals surface area contributed by atoms with Crippen molar-refractivity contribution in [1.82, 2.24) is 15.1 Å². The smallest absolute Gasteiger partial charge is 0.227 e. The van der Waals surface area contributed by atoms with Gasteiger partial charge in [0.2, 0.25) is 11.8 Å². The molecule has 0 radical (unpaired) electrons. The Kier molecular flexibility index (Phi) is 5.22. The van der Waals surface area contributed by atoms with Crippen LogP contribution in [0, 0.1) is 5.92 Å². The summed E-state index contributed by atoms with van der Waals surface area (Å²) in [6, 6.07) is 8.21. The number of benzene rings is 1. The van der Waals surface area contributed by atoms with Gasteiger partial charge in [0, 0.05) is 56.9 Å². The Morgan fingerprint density at radius 1 is 1.04 bits per heavy atom. The second-order valence-corrected chi connectivity index (χ2v) is 7.71. The molecular weight excluding hydrogens is 328 g/mol. The van der Waals surface area contributed by atoms with Crippen LogP contribution in [0.2, 0.25) is 0 Å². The lowest BCUT2D eigenvalue weighted by atomic mass is 10.1. The van der Waals surface area contributed by atoms with Gasteiger partial charge in [-0.2, -0.15) is 0 Å². The van der Waals surface area contributed by atoms with Gasteiger partial charge in [0.1, 0.15) is 0 Å². The molecule has 6 heteroatoms. The summed E-state index contributed by atoms with van der Waals surface area (Å²) >= 11 is 0. The molecule has 3 aliphatic rings. The van der Waals surface area contributed by atoms with Crippen LogP contribution in [0.4, 0.5) is 5.69 Å². The Balaban J connectivity index is 1.27. The van der Waals surface area contributed by atoms with Crippen molar-refractivity contribution in [2.45, 2.75) is 31.7 Å². The zero-order valence-corrected chi connectivity index (χ0v) is 15.2. The molecule has 0 aromatic heterocycles. The molecule has 2 aliphatic heterocycles. The lowest BCUT2D eigenvalue weighted by molar-refractivity contribution is -0.129. The van der Waals surface area contributed by atoms with Gasteiger partial charge in [0.05, 0.1) is 6.42 Å². The van der Waals surface area contributed by atoms with Crippen molar-refractivity contribution in [3.63, 3.8) is 0 Å². The van der Waals surface area contributed by atoms with E-state index in [1.54, 1.807) is 0 Å². The molecule has 140 valence electrons. The molecule has 1 aromatic rings. The first kappa shape index (κ1) is 17.5. The predicted molar refractivity (Wildman–Crippen MR) is 101 cm³/mol. The van der Waals surface area contributed by atoms with Crippen LogP contribution in [0.5, 0.6) is 0 Å². The average Bonchev–Trinajstić information content (AvgIpc) is 3.41. The third kappa shape index (κ3) is 4.24. The molecule has 0 bridgehead atoms. The number of nitrogens with one attached hydrogen (secondary N) is 2. The number of piperazine rings is 1. The topological polar surface area (TPSA) is 64.7 Å². The van der Waals surface area contributed by atoms with Gasteiger partial charge >= 0.3 is 0 Å². The van der Waals surface area contributed by atoms with E-state index >= 15 is 0 Å². The second-order valence-electron chi connectivity index (χ2n) is 7.71. The quantitative estimate of drug-likeness (QED) is 0.829. The lowest BCUT2D eigenvalue weighted by Crippen LogP contribution is -2.49. The number of carbonyl (C=O) groups excluding carboxylic acids is 2. The zero-order valence-electron chi connectivity index (χ0n) is 15.2. The molecule has 2 heterocycles. The number of likely N-dealkylation sites (tertiary alicyclic amines) is 1. The third-order valence-electron chi connectivity index (χ3n) is 5.71. The fourth-order valence-corrected chi connectivity index (χ4v) is 3.90. The van der Waals surface area contributed by atoms with Crippen LogP contribution in [0.25, 0.3) is 0 Å². The molecule has 1 unspecified atom stereocenters. The molecule has 2 amide bonds. The summed E-state index contributed by atoms with van der Waals surface area (Å²) in [4.78, 5) is 28.9. The van der Waals surface area contributed by atoms with Crippen LogP contribution in [0.3, 0.4) is 0 Å². The largest absolute Gasteiger partial charge is 0.341 e. The number of rotatable bonds is 5. The number of nitrogens with zero attached hydrogens (tertiary/aromatic N) is 2. The highest BCUT2D eigenvalue weighted by Gasteiger charge is 2.31. The van der Waals surface area contributed by atoms with Crippen molar-refractivity contribution in [3.8, 4) is 0 Å². The van der Waals surface area contributed by atoms with E-state index in [4.69, 9.17) is 0 Å². The monoisotopic (exact) mass is 356 g/mol. The first-order valence-corrected chi connectivity index (χ1v) is 9.81.